The molecule has 2 aliphatic rings. The third-order valence-corrected chi connectivity index (χ3v) is 4.70. The molecule has 0 radical (unpaired) electrons. The molecule has 0 aromatic rings. The second kappa shape index (κ2) is 6.57. The molecule has 0 aromatic heterocycles. The minimum absolute atomic E-state index is 0.0336. The summed E-state index contributed by atoms with van der Waals surface area (Å²) in [6, 6.07) is 0.301. The highest BCUT2D eigenvalue weighted by Gasteiger charge is 2.35. The van der Waals surface area contributed by atoms with Crippen molar-refractivity contribution in [1.29, 1.82) is 0 Å². The third kappa shape index (κ3) is 3.72. The van der Waals surface area contributed by atoms with Crippen LogP contribution in [-0.2, 0) is 9.59 Å². The van der Waals surface area contributed by atoms with Crippen LogP contribution in [0.2, 0.25) is 0 Å². The van der Waals surface area contributed by atoms with Gasteiger partial charge in [-0.1, -0.05) is 19.8 Å². The Labute approximate surface area is 121 Å². The summed E-state index contributed by atoms with van der Waals surface area (Å²) in [5.74, 6) is 0.122. The van der Waals surface area contributed by atoms with Gasteiger partial charge in [0.15, 0.2) is 0 Å². The highest BCUT2D eigenvalue weighted by molar-refractivity contribution is 5.85. The molecule has 3 atom stereocenters. The van der Waals surface area contributed by atoms with Crippen LogP contribution >= 0.6 is 0 Å². The van der Waals surface area contributed by atoms with Gasteiger partial charge in [0.2, 0.25) is 11.8 Å². The first-order chi connectivity index (χ1) is 9.47. The largest absolute Gasteiger partial charge is 0.368 e. The summed E-state index contributed by atoms with van der Waals surface area (Å²) in [6.07, 6.45) is 6.87. The monoisotopic (exact) mass is 281 g/mol. The summed E-state index contributed by atoms with van der Waals surface area (Å²) in [4.78, 5) is 25.8. The average Bonchev–Trinajstić information content (AvgIpc) is 2.87. The van der Waals surface area contributed by atoms with E-state index < -0.39 is 5.91 Å². The molecule has 2 amide bonds. The molecule has 0 saturated heterocycles. The van der Waals surface area contributed by atoms with Gasteiger partial charge >= 0.3 is 0 Å². The van der Waals surface area contributed by atoms with Crippen LogP contribution in [0.4, 0.5) is 0 Å². The normalized spacial score (nSPS) is 31.2. The molecule has 0 aliphatic heterocycles. The first-order valence-corrected chi connectivity index (χ1v) is 7.81. The van der Waals surface area contributed by atoms with Crippen molar-refractivity contribution in [3.05, 3.63) is 0 Å². The molecule has 2 fully saturated rings. The van der Waals surface area contributed by atoms with Gasteiger partial charge in [0.05, 0.1) is 6.54 Å². The Morgan fingerprint density at radius 2 is 1.80 bits per heavy atom. The fraction of sp³-hybridized carbons (Fsp3) is 0.867. The highest BCUT2D eigenvalue weighted by atomic mass is 16.2. The van der Waals surface area contributed by atoms with Gasteiger partial charge < -0.3 is 16.4 Å². The Morgan fingerprint density at radius 1 is 1.15 bits per heavy atom. The van der Waals surface area contributed by atoms with Crippen LogP contribution < -0.4 is 11.5 Å². The second-order valence-corrected chi connectivity index (χ2v) is 6.64. The van der Waals surface area contributed by atoms with Gasteiger partial charge in [-0.2, -0.15) is 0 Å². The Hall–Kier alpha value is -1.10. The number of nitrogens with zero attached hydrogens (tertiary/aromatic N) is 1. The third-order valence-electron chi connectivity index (χ3n) is 4.70. The zero-order valence-electron chi connectivity index (χ0n) is 12.4. The molecule has 0 bridgehead atoms. The van der Waals surface area contributed by atoms with Crippen LogP contribution in [0, 0.1) is 11.8 Å². The topological polar surface area (TPSA) is 89.4 Å². The van der Waals surface area contributed by atoms with E-state index in [2.05, 4.69) is 6.92 Å². The van der Waals surface area contributed by atoms with E-state index in [0.717, 1.165) is 44.9 Å². The molecule has 0 aromatic carbocycles. The molecule has 4 N–H and O–H groups in total. The van der Waals surface area contributed by atoms with Crippen molar-refractivity contribution >= 4 is 11.8 Å². The Kier molecular flexibility index (Phi) is 5.02. The Bertz CT molecular complexity index is 356. The Balaban J connectivity index is 2.06. The standard InChI is InChI=1S/C15H27N3O2/c1-10-6-11(8-12(16)7-10)15(20)18(9-14(17)19)13-4-2-3-5-13/h10-13H,2-9,16H2,1H3,(H2,17,19). The van der Waals surface area contributed by atoms with E-state index in [1.807, 2.05) is 0 Å². The van der Waals surface area contributed by atoms with E-state index in [1.54, 1.807) is 4.90 Å². The van der Waals surface area contributed by atoms with Crippen LogP contribution in [0.25, 0.3) is 0 Å². The second-order valence-electron chi connectivity index (χ2n) is 6.64. The molecule has 5 nitrogen and oxygen atoms in total. The lowest BCUT2D eigenvalue weighted by atomic mass is 9.79. The van der Waals surface area contributed by atoms with Crippen molar-refractivity contribution in [2.75, 3.05) is 6.54 Å². The van der Waals surface area contributed by atoms with Crippen LogP contribution in [0.3, 0.4) is 0 Å². The van der Waals surface area contributed by atoms with E-state index in [0.29, 0.717) is 5.92 Å². The van der Waals surface area contributed by atoms with E-state index in [4.69, 9.17) is 11.5 Å². The molecule has 0 heterocycles. The molecule has 2 aliphatic carbocycles. The summed E-state index contributed by atoms with van der Waals surface area (Å²) in [6.45, 7) is 2.21. The summed E-state index contributed by atoms with van der Waals surface area (Å²) < 4.78 is 0. The molecule has 0 spiro atoms. The van der Waals surface area contributed by atoms with Gasteiger partial charge in [-0.15, -0.1) is 0 Å². The quantitative estimate of drug-likeness (QED) is 0.805. The van der Waals surface area contributed by atoms with E-state index >= 15 is 0 Å². The first-order valence-electron chi connectivity index (χ1n) is 7.81. The van der Waals surface area contributed by atoms with Crippen molar-refractivity contribution in [2.45, 2.75) is 64.0 Å². The minimum Gasteiger partial charge on any atom is -0.368 e. The van der Waals surface area contributed by atoms with Gasteiger partial charge in [0.25, 0.3) is 0 Å². The van der Waals surface area contributed by atoms with Crippen molar-refractivity contribution in [1.82, 2.24) is 4.90 Å². The van der Waals surface area contributed by atoms with E-state index in [1.165, 1.54) is 0 Å². The minimum atomic E-state index is -0.418. The number of primary amides is 1. The first kappa shape index (κ1) is 15.3. The summed E-state index contributed by atoms with van der Waals surface area (Å²) in [5.41, 5.74) is 11.4. The number of hydrogen-bond acceptors (Lipinski definition) is 3. The number of carbonyl (C=O) groups excluding carboxylic acids is 2. The predicted octanol–water partition coefficient (Wildman–Crippen LogP) is 1.01. The van der Waals surface area contributed by atoms with Gasteiger partial charge in [0, 0.05) is 18.0 Å². The van der Waals surface area contributed by atoms with Crippen molar-refractivity contribution in [2.24, 2.45) is 23.3 Å². The number of nitrogens with two attached hydrogens (primary N) is 2. The van der Waals surface area contributed by atoms with Crippen LogP contribution in [0.5, 0.6) is 0 Å². The number of rotatable bonds is 4. The van der Waals surface area contributed by atoms with Crippen molar-refractivity contribution < 1.29 is 9.59 Å². The highest BCUT2D eigenvalue weighted by Crippen LogP contribution is 2.32. The SMILES string of the molecule is CC1CC(N)CC(C(=O)N(CC(N)=O)C2CCCC2)C1. The van der Waals surface area contributed by atoms with Gasteiger partial charge in [0.1, 0.15) is 0 Å². The molecule has 114 valence electrons. The molecule has 3 unspecified atom stereocenters. The lowest BCUT2D eigenvalue weighted by Gasteiger charge is -2.36. The molecule has 2 saturated carbocycles. The van der Waals surface area contributed by atoms with E-state index in [9.17, 15) is 9.59 Å². The predicted molar refractivity (Wildman–Crippen MR) is 77.6 cm³/mol. The fourth-order valence-corrected chi connectivity index (χ4v) is 3.86. The fourth-order valence-electron chi connectivity index (χ4n) is 3.86. The molecule has 5 heteroatoms. The number of amides is 2. The number of carbonyl (C=O) groups is 2. The summed E-state index contributed by atoms with van der Waals surface area (Å²) in [7, 11) is 0. The van der Waals surface area contributed by atoms with Crippen LogP contribution in [-0.4, -0.2) is 35.3 Å². The van der Waals surface area contributed by atoms with Gasteiger partial charge in [-0.25, -0.2) is 0 Å². The summed E-state index contributed by atoms with van der Waals surface area (Å²) in [5, 5.41) is 0. The summed E-state index contributed by atoms with van der Waals surface area (Å²) >= 11 is 0. The maximum Gasteiger partial charge on any atom is 0.237 e. The van der Waals surface area contributed by atoms with Gasteiger partial charge in [-0.05, 0) is 38.0 Å². The molecule has 2 rings (SSSR count). The smallest absolute Gasteiger partial charge is 0.237 e. The maximum atomic E-state index is 12.8. The average molecular weight is 281 g/mol. The lowest BCUT2D eigenvalue weighted by Crippen LogP contribution is -2.49. The van der Waals surface area contributed by atoms with E-state index in [-0.39, 0.29) is 30.5 Å². The zero-order valence-corrected chi connectivity index (χ0v) is 12.4. The molecule has 20 heavy (non-hydrogen) atoms. The van der Waals surface area contributed by atoms with Crippen molar-refractivity contribution in [3.8, 4) is 0 Å². The maximum absolute atomic E-state index is 12.8. The van der Waals surface area contributed by atoms with Crippen LogP contribution in [0.15, 0.2) is 0 Å². The van der Waals surface area contributed by atoms with Crippen molar-refractivity contribution in [3.63, 3.8) is 0 Å². The lowest BCUT2D eigenvalue weighted by molar-refractivity contribution is -0.142. The van der Waals surface area contributed by atoms with Crippen LogP contribution in [0.1, 0.15) is 51.9 Å². The number of hydrogen-bond donors (Lipinski definition) is 2. The Morgan fingerprint density at radius 3 is 2.35 bits per heavy atom. The van der Waals surface area contributed by atoms with Gasteiger partial charge in [-0.3, -0.25) is 9.59 Å². The molecular formula is C15H27N3O2. The zero-order chi connectivity index (χ0) is 14.7. The molecular weight excluding hydrogens is 254 g/mol.